The van der Waals surface area contributed by atoms with Crippen LogP contribution in [0.1, 0.15) is 29.9 Å². The monoisotopic (exact) mass is 367 g/mol. The maximum Gasteiger partial charge on any atom is 0.265 e. The molecule has 1 heterocycles. The number of amides is 1. The Morgan fingerprint density at radius 2 is 2.00 bits per heavy atom. The number of nitrogens with two attached hydrogens (primary N) is 1. The van der Waals surface area contributed by atoms with Crippen LogP contribution in [0.3, 0.4) is 0 Å². The highest BCUT2D eigenvalue weighted by Crippen LogP contribution is 2.35. The third kappa shape index (κ3) is 3.86. The minimum Gasteiger partial charge on any atom is -0.475 e. The first-order valence-electron chi connectivity index (χ1n) is 8.46. The van der Waals surface area contributed by atoms with Crippen molar-refractivity contribution >= 4 is 33.2 Å². The Balaban J connectivity index is 1.97. The summed E-state index contributed by atoms with van der Waals surface area (Å²) in [7, 11) is 0. The van der Waals surface area contributed by atoms with Crippen molar-refractivity contribution in [2.75, 3.05) is 6.54 Å². The fraction of sp³-hybridized carbons (Fsp3) is 0.200. The van der Waals surface area contributed by atoms with Gasteiger partial charge >= 0.3 is 0 Å². The maximum atomic E-state index is 12.7. The van der Waals surface area contributed by atoms with Crippen LogP contribution >= 0.6 is 11.3 Å². The van der Waals surface area contributed by atoms with Crippen molar-refractivity contribution in [3.05, 3.63) is 65.0 Å². The van der Waals surface area contributed by atoms with Gasteiger partial charge in [0.25, 0.3) is 5.91 Å². The molecule has 6 heteroatoms. The van der Waals surface area contributed by atoms with Gasteiger partial charge in [-0.15, -0.1) is 11.3 Å². The molecule has 1 aromatic heterocycles. The molecule has 0 radical (unpaired) electrons. The van der Waals surface area contributed by atoms with Crippen LogP contribution < -0.4 is 15.8 Å². The van der Waals surface area contributed by atoms with E-state index in [2.05, 4.69) is 5.32 Å². The van der Waals surface area contributed by atoms with Gasteiger partial charge in [0.1, 0.15) is 11.6 Å². The van der Waals surface area contributed by atoms with Gasteiger partial charge in [0.15, 0.2) is 0 Å². The normalized spacial score (nSPS) is 11.9. The molecule has 1 unspecified atom stereocenters. The molecule has 0 bridgehead atoms. The second-order valence-electron chi connectivity index (χ2n) is 5.89. The second kappa shape index (κ2) is 8.01. The van der Waals surface area contributed by atoms with E-state index in [9.17, 15) is 4.79 Å². The number of carbonyl (C=O) groups is 1. The number of rotatable bonds is 7. The van der Waals surface area contributed by atoms with Crippen LogP contribution in [-0.4, -0.2) is 18.3 Å². The van der Waals surface area contributed by atoms with Crippen molar-refractivity contribution in [3.8, 4) is 5.75 Å². The van der Waals surface area contributed by atoms with Crippen molar-refractivity contribution in [2.24, 2.45) is 5.73 Å². The molecule has 0 fully saturated rings. The van der Waals surface area contributed by atoms with E-state index in [1.54, 1.807) is 0 Å². The molecule has 3 rings (SSSR count). The van der Waals surface area contributed by atoms with Crippen LogP contribution in [-0.2, 0) is 4.79 Å². The van der Waals surface area contributed by atoms with Gasteiger partial charge in [0, 0.05) is 22.2 Å². The van der Waals surface area contributed by atoms with Crippen LogP contribution in [0, 0.1) is 5.41 Å². The molecule has 5 nitrogen and oxygen atoms in total. The molecule has 2 aromatic carbocycles. The first-order valence-corrected chi connectivity index (χ1v) is 9.28. The van der Waals surface area contributed by atoms with Crippen molar-refractivity contribution < 1.29 is 9.53 Å². The lowest BCUT2D eigenvalue weighted by Gasteiger charge is -2.19. The zero-order valence-electron chi connectivity index (χ0n) is 14.5. The lowest BCUT2D eigenvalue weighted by molar-refractivity contribution is -0.128. The topological polar surface area (TPSA) is 88.2 Å². The Kier molecular flexibility index (Phi) is 5.53. The molecule has 134 valence electrons. The molecular formula is C20H21N3O2S. The summed E-state index contributed by atoms with van der Waals surface area (Å²) in [6, 6.07) is 16.9. The molecule has 4 N–H and O–H groups in total. The van der Waals surface area contributed by atoms with E-state index in [4.69, 9.17) is 15.9 Å². The van der Waals surface area contributed by atoms with Gasteiger partial charge in [0.2, 0.25) is 6.10 Å². The summed E-state index contributed by atoms with van der Waals surface area (Å²) in [4.78, 5) is 13.4. The summed E-state index contributed by atoms with van der Waals surface area (Å²) < 4.78 is 7.12. The number of amidine groups is 1. The minimum absolute atomic E-state index is 0.0254. The van der Waals surface area contributed by atoms with E-state index in [-0.39, 0.29) is 11.7 Å². The lowest BCUT2D eigenvalue weighted by Crippen LogP contribution is -2.32. The van der Waals surface area contributed by atoms with Gasteiger partial charge in [-0.3, -0.25) is 10.2 Å². The number of hydrogen-bond acceptors (Lipinski definition) is 4. The van der Waals surface area contributed by atoms with Gasteiger partial charge in [-0.25, -0.2) is 0 Å². The molecule has 0 aliphatic rings. The molecule has 0 aliphatic carbocycles. The zero-order valence-corrected chi connectivity index (χ0v) is 15.3. The number of ether oxygens (including phenoxy) is 1. The van der Waals surface area contributed by atoms with Gasteiger partial charge in [-0.05, 0) is 24.6 Å². The van der Waals surface area contributed by atoms with Crippen molar-refractivity contribution in [1.29, 1.82) is 5.41 Å². The number of fused-ring (bicyclic) bond motifs is 1. The quantitative estimate of drug-likeness (QED) is 0.438. The first kappa shape index (κ1) is 17.9. The average Bonchev–Trinajstić information content (AvgIpc) is 3.10. The molecule has 0 saturated heterocycles. The lowest BCUT2D eigenvalue weighted by atomic mass is 10.1. The summed E-state index contributed by atoms with van der Waals surface area (Å²) in [6.45, 7) is 2.61. The van der Waals surface area contributed by atoms with Gasteiger partial charge in [0.05, 0.1) is 4.88 Å². The summed E-state index contributed by atoms with van der Waals surface area (Å²) in [5.74, 6) is 0.460. The molecule has 1 atom stereocenters. The number of hydrogen-bond donors (Lipinski definition) is 3. The number of nitrogens with one attached hydrogen (secondary N) is 2. The van der Waals surface area contributed by atoms with Crippen molar-refractivity contribution in [2.45, 2.75) is 19.4 Å². The molecule has 0 saturated carbocycles. The number of nitrogen functional groups attached to an aromatic ring is 1. The third-order valence-corrected chi connectivity index (χ3v) is 5.06. The molecular weight excluding hydrogens is 346 g/mol. The van der Waals surface area contributed by atoms with Gasteiger partial charge in [-0.1, -0.05) is 43.3 Å². The highest BCUT2D eigenvalue weighted by atomic mass is 32.1. The van der Waals surface area contributed by atoms with E-state index in [1.807, 2.05) is 61.5 Å². The van der Waals surface area contributed by atoms with Crippen LogP contribution in [0.15, 0.2) is 54.6 Å². The summed E-state index contributed by atoms with van der Waals surface area (Å²) >= 11 is 1.43. The Morgan fingerprint density at radius 1 is 1.23 bits per heavy atom. The first-order chi connectivity index (χ1) is 12.6. The molecule has 1 amide bonds. The molecule has 0 spiro atoms. The second-order valence-corrected chi connectivity index (χ2v) is 6.98. The third-order valence-electron chi connectivity index (χ3n) is 3.92. The zero-order chi connectivity index (χ0) is 18.5. The molecule has 3 aromatic rings. The van der Waals surface area contributed by atoms with Crippen LogP contribution in [0.5, 0.6) is 5.75 Å². The Labute approximate surface area is 156 Å². The Morgan fingerprint density at radius 3 is 2.69 bits per heavy atom. The highest BCUT2D eigenvalue weighted by molar-refractivity contribution is 7.20. The Bertz CT molecular complexity index is 921. The van der Waals surface area contributed by atoms with Crippen LogP contribution in [0.25, 0.3) is 10.1 Å². The van der Waals surface area contributed by atoms with E-state index in [0.29, 0.717) is 17.2 Å². The largest absolute Gasteiger partial charge is 0.475 e. The predicted molar refractivity (Wildman–Crippen MR) is 106 cm³/mol. The van der Waals surface area contributed by atoms with Crippen LogP contribution in [0.4, 0.5) is 0 Å². The summed E-state index contributed by atoms with van der Waals surface area (Å²) in [6.07, 6.45) is 0.115. The van der Waals surface area contributed by atoms with Crippen molar-refractivity contribution in [3.63, 3.8) is 0 Å². The Hall–Kier alpha value is -2.86. The van der Waals surface area contributed by atoms with Gasteiger partial charge in [-0.2, -0.15) is 0 Å². The van der Waals surface area contributed by atoms with E-state index in [0.717, 1.165) is 22.1 Å². The maximum absolute atomic E-state index is 12.7. The van der Waals surface area contributed by atoms with E-state index in [1.165, 1.54) is 11.3 Å². The standard InChI is InChI=1S/C20H21N3O2S/c1-2-11-23-20(24)18(13-7-4-3-5-8-13)25-15-9-6-10-16-14(15)12-17(26-16)19(21)22/h3-10,12,18H,2,11H2,1H3,(H3,21,22)(H,23,24). The van der Waals surface area contributed by atoms with Crippen LogP contribution in [0.2, 0.25) is 0 Å². The predicted octanol–water partition coefficient (Wildman–Crippen LogP) is 3.83. The fourth-order valence-corrected chi connectivity index (χ4v) is 3.58. The summed E-state index contributed by atoms with van der Waals surface area (Å²) in [5, 5.41) is 11.4. The number of thiophene rings is 1. The summed E-state index contributed by atoms with van der Waals surface area (Å²) in [5.41, 5.74) is 6.40. The average molecular weight is 367 g/mol. The number of benzene rings is 2. The minimum atomic E-state index is -0.742. The van der Waals surface area contributed by atoms with E-state index < -0.39 is 6.10 Å². The highest BCUT2D eigenvalue weighted by Gasteiger charge is 2.23. The molecule has 26 heavy (non-hydrogen) atoms. The van der Waals surface area contributed by atoms with Gasteiger partial charge < -0.3 is 15.8 Å². The SMILES string of the molecule is CCCNC(=O)C(Oc1cccc2sc(C(=N)N)cc12)c1ccccc1. The van der Waals surface area contributed by atoms with Crippen molar-refractivity contribution in [1.82, 2.24) is 5.32 Å². The molecule has 0 aliphatic heterocycles. The smallest absolute Gasteiger partial charge is 0.265 e. The van der Waals surface area contributed by atoms with E-state index >= 15 is 0 Å². The fourth-order valence-electron chi connectivity index (χ4n) is 2.64. The number of carbonyl (C=O) groups excluding carboxylic acids is 1.